The highest BCUT2D eigenvalue weighted by atomic mass is 16.5. The molecule has 0 radical (unpaired) electrons. The molecule has 1 N–H and O–H groups in total. The molecule has 0 fully saturated rings. The molecule has 3 aromatic rings. The monoisotopic (exact) mass is 511 g/mol. The predicted octanol–water partition coefficient (Wildman–Crippen LogP) is 3.97. The van der Waals surface area contributed by atoms with Crippen LogP contribution in [0, 0.1) is 0 Å². The number of aryl methyl sites for hydroxylation is 1. The van der Waals surface area contributed by atoms with E-state index in [1.165, 1.54) is 32.0 Å². The summed E-state index contributed by atoms with van der Waals surface area (Å²) in [5, 5.41) is 2.63. The van der Waals surface area contributed by atoms with Gasteiger partial charge in [-0.05, 0) is 73.9 Å². The molecule has 0 bridgehead atoms. The molecule has 1 atom stereocenters. The molecule has 0 unspecified atom stereocenters. The van der Waals surface area contributed by atoms with E-state index < -0.39 is 23.9 Å². The van der Waals surface area contributed by atoms with Crippen molar-refractivity contribution in [3.63, 3.8) is 0 Å². The zero-order chi connectivity index (χ0) is 27.0. The molecular formula is C29H25N3O6. The Kier molecular flexibility index (Phi) is 6.50. The maximum absolute atomic E-state index is 13.1. The summed E-state index contributed by atoms with van der Waals surface area (Å²) in [7, 11) is 0. The molecule has 9 nitrogen and oxygen atoms in total. The van der Waals surface area contributed by atoms with Crippen molar-refractivity contribution in [2.75, 3.05) is 21.7 Å². The van der Waals surface area contributed by atoms with Crippen molar-refractivity contribution in [2.24, 2.45) is 0 Å². The average Bonchev–Trinajstić information content (AvgIpc) is 3.17. The molecule has 9 heteroatoms. The van der Waals surface area contributed by atoms with Crippen LogP contribution in [0.3, 0.4) is 0 Å². The lowest BCUT2D eigenvalue weighted by Crippen LogP contribution is -2.42. The Morgan fingerprint density at radius 3 is 2.37 bits per heavy atom. The van der Waals surface area contributed by atoms with Gasteiger partial charge >= 0.3 is 5.97 Å². The first-order valence-electron chi connectivity index (χ1n) is 12.3. The number of imide groups is 1. The Balaban J connectivity index is 1.31. The van der Waals surface area contributed by atoms with Crippen LogP contribution in [0.1, 0.15) is 56.9 Å². The molecule has 0 aromatic heterocycles. The molecule has 2 aliphatic heterocycles. The number of rotatable bonds is 5. The van der Waals surface area contributed by atoms with Gasteiger partial charge in [0.15, 0.2) is 6.10 Å². The van der Waals surface area contributed by atoms with Crippen LogP contribution < -0.4 is 15.1 Å². The second-order valence-electron chi connectivity index (χ2n) is 9.20. The number of hydrogen-bond donors (Lipinski definition) is 1. The minimum Gasteiger partial charge on any atom is -0.449 e. The van der Waals surface area contributed by atoms with Crippen molar-refractivity contribution in [1.29, 1.82) is 0 Å². The lowest BCUT2D eigenvalue weighted by atomic mass is 10.0. The molecule has 2 heterocycles. The van der Waals surface area contributed by atoms with E-state index in [0.29, 0.717) is 17.9 Å². The van der Waals surface area contributed by atoms with Gasteiger partial charge in [0.2, 0.25) is 5.91 Å². The lowest BCUT2D eigenvalue weighted by molar-refractivity contribution is -0.126. The molecule has 0 saturated heterocycles. The van der Waals surface area contributed by atoms with E-state index >= 15 is 0 Å². The highest BCUT2D eigenvalue weighted by molar-refractivity contribution is 6.34. The zero-order valence-electron chi connectivity index (χ0n) is 20.9. The topological polar surface area (TPSA) is 113 Å². The lowest BCUT2D eigenvalue weighted by Gasteiger charge is -2.31. The number of carbonyl (C=O) groups excluding carboxylic acids is 5. The van der Waals surface area contributed by atoms with Gasteiger partial charge in [-0.1, -0.05) is 18.2 Å². The van der Waals surface area contributed by atoms with Crippen molar-refractivity contribution < 1.29 is 28.7 Å². The maximum atomic E-state index is 13.1. The fourth-order valence-electron chi connectivity index (χ4n) is 4.76. The van der Waals surface area contributed by atoms with Crippen LogP contribution in [0.15, 0.2) is 66.7 Å². The van der Waals surface area contributed by atoms with E-state index in [4.69, 9.17) is 4.74 Å². The Hall–Kier alpha value is -4.79. The number of anilines is 3. The van der Waals surface area contributed by atoms with Crippen molar-refractivity contribution in [3.05, 3.63) is 89.0 Å². The molecule has 192 valence electrons. The molecular weight excluding hydrogens is 486 g/mol. The van der Waals surface area contributed by atoms with Gasteiger partial charge in [-0.3, -0.25) is 19.2 Å². The second kappa shape index (κ2) is 9.93. The molecule has 4 amide bonds. The van der Waals surface area contributed by atoms with E-state index in [0.717, 1.165) is 29.0 Å². The summed E-state index contributed by atoms with van der Waals surface area (Å²) in [4.78, 5) is 66.0. The number of nitrogens with zero attached hydrogens (tertiary/aromatic N) is 2. The normalized spacial score (nSPS) is 15.0. The highest BCUT2D eigenvalue weighted by Crippen LogP contribution is 2.31. The van der Waals surface area contributed by atoms with Gasteiger partial charge in [-0.15, -0.1) is 0 Å². The number of esters is 1. The summed E-state index contributed by atoms with van der Waals surface area (Å²) in [5.41, 5.74) is 3.03. The first-order chi connectivity index (χ1) is 18.2. The molecule has 38 heavy (non-hydrogen) atoms. The number of nitrogens with one attached hydrogen (secondary N) is 1. The fraction of sp³-hybridized carbons (Fsp3) is 0.207. The van der Waals surface area contributed by atoms with Gasteiger partial charge in [0.25, 0.3) is 17.7 Å². The highest BCUT2D eigenvalue weighted by Gasteiger charge is 2.37. The van der Waals surface area contributed by atoms with Crippen LogP contribution >= 0.6 is 0 Å². The Bertz CT molecular complexity index is 1480. The van der Waals surface area contributed by atoms with E-state index in [1.54, 1.807) is 29.2 Å². The summed E-state index contributed by atoms with van der Waals surface area (Å²) in [6.07, 6.45) is 0.654. The minimum atomic E-state index is -1.04. The van der Waals surface area contributed by atoms with Crippen LogP contribution in [0.5, 0.6) is 0 Å². The summed E-state index contributed by atoms with van der Waals surface area (Å²) in [6, 6.07) is 18.1. The van der Waals surface area contributed by atoms with Gasteiger partial charge in [-0.25, -0.2) is 9.69 Å². The standard InChI is InChI=1S/C29H25N3O6/c1-17(26(34)31-15-5-7-19-6-3-4-8-25(19)31)38-29(37)20-9-14-23-24(16-20)28(36)32(27(23)35)22-12-10-21(11-13-22)30-18(2)33/h3-4,6,8-14,16-17H,5,7,15H2,1-2H3,(H,30,33)/t17-/m0/s1. The number of para-hydroxylation sites is 1. The van der Waals surface area contributed by atoms with E-state index in [9.17, 15) is 24.0 Å². The average molecular weight is 512 g/mol. The van der Waals surface area contributed by atoms with Crippen LogP contribution in [-0.2, 0) is 20.7 Å². The zero-order valence-corrected chi connectivity index (χ0v) is 20.9. The summed E-state index contributed by atoms with van der Waals surface area (Å²) >= 11 is 0. The van der Waals surface area contributed by atoms with E-state index in [2.05, 4.69) is 5.32 Å². The molecule has 2 aliphatic rings. The van der Waals surface area contributed by atoms with Crippen molar-refractivity contribution in [1.82, 2.24) is 0 Å². The quantitative estimate of drug-likeness (QED) is 0.410. The summed E-state index contributed by atoms with van der Waals surface area (Å²) < 4.78 is 5.47. The predicted molar refractivity (Wildman–Crippen MR) is 140 cm³/mol. The number of amides is 4. The number of fused-ring (bicyclic) bond motifs is 2. The van der Waals surface area contributed by atoms with Crippen molar-refractivity contribution in [3.8, 4) is 0 Å². The Morgan fingerprint density at radius 1 is 0.921 bits per heavy atom. The first-order valence-corrected chi connectivity index (χ1v) is 12.3. The second-order valence-corrected chi connectivity index (χ2v) is 9.20. The number of ether oxygens (including phenoxy) is 1. The molecule has 0 aliphatic carbocycles. The van der Waals surface area contributed by atoms with E-state index in [-0.39, 0.29) is 28.5 Å². The molecule has 3 aromatic carbocycles. The Labute approximate surface area is 219 Å². The molecule has 0 spiro atoms. The Morgan fingerprint density at radius 2 is 1.63 bits per heavy atom. The van der Waals surface area contributed by atoms with Gasteiger partial charge in [0.1, 0.15) is 0 Å². The van der Waals surface area contributed by atoms with Crippen LogP contribution in [0.25, 0.3) is 0 Å². The number of carbonyl (C=O) groups is 5. The first kappa shape index (κ1) is 24.9. The van der Waals surface area contributed by atoms with Crippen LogP contribution in [0.4, 0.5) is 17.1 Å². The smallest absolute Gasteiger partial charge is 0.338 e. The maximum Gasteiger partial charge on any atom is 0.338 e. The molecule has 0 saturated carbocycles. The summed E-state index contributed by atoms with van der Waals surface area (Å²) in [6.45, 7) is 3.44. The van der Waals surface area contributed by atoms with Gasteiger partial charge in [0.05, 0.1) is 22.4 Å². The van der Waals surface area contributed by atoms with E-state index in [1.807, 2.05) is 24.3 Å². The van der Waals surface area contributed by atoms with Crippen molar-refractivity contribution >= 4 is 46.7 Å². The number of benzene rings is 3. The SMILES string of the molecule is CC(=O)Nc1ccc(N2C(=O)c3ccc(C(=O)O[C@@H](C)C(=O)N4CCCc5ccccc54)cc3C2=O)cc1. The fourth-order valence-corrected chi connectivity index (χ4v) is 4.76. The van der Waals surface area contributed by atoms with Crippen LogP contribution in [0.2, 0.25) is 0 Å². The summed E-state index contributed by atoms with van der Waals surface area (Å²) in [5.74, 6) is -2.44. The third kappa shape index (κ3) is 4.54. The van der Waals surface area contributed by atoms with Crippen LogP contribution in [-0.4, -0.2) is 42.2 Å². The molecule has 5 rings (SSSR count). The largest absolute Gasteiger partial charge is 0.449 e. The third-order valence-corrected chi connectivity index (χ3v) is 6.58. The van der Waals surface area contributed by atoms with Gasteiger partial charge in [-0.2, -0.15) is 0 Å². The number of hydrogen-bond acceptors (Lipinski definition) is 6. The minimum absolute atomic E-state index is 0.0615. The van der Waals surface area contributed by atoms with Crippen molar-refractivity contribution in [2.45, 2.75) is 32.8 Å². The van der Waals surface area contributed by atoms with Gasteiger partial charge in [0, 0.05) is 24.8 Å². The third-order valence-electron chi connectivity index (χ3n) is 6.58. The van der Waals surface area contributed by atoms with Gasteiger partial charge < -0.3 is 15.0 Å².